The van der Waals surface area contributed by atoms with Crippen LogP contribution in [0.5, 0.6) is 0 Å². The summed E-state index contributed by atoms with van der Waals surface area (Å²) in [5, 5.41) is 14.6. The van der Waals surface area contributed by atoms with Crippen LogP contribution in [0.2, 0.25) is 0 Å². The Morgan fingerprint density at radius 3 is 2.88 bits per heavy atom. The maximum absolute atomic E-state index is 12.3. The number of rotatable bonds is 3. The molecule has 0 fully saturated rings. The summed E-state index contributed by atoms with van der Waals surface area (Å²) in [6.45, 7) is 0. The highest BCUT2D eigenvalue weighted by molar-refractivity contribution is 7.12. The Hall–Kier alpha value is -3.01. The average Bonchev–Trinajstić information content (AvgIpc) is 3.31. The molecule has 4 nitrogen and oxygen atoms in total. The molecule has 0 atom stereocenters. The molecular formula is C19H10N2O2S2. The van der Waals surface area contributed by atoms with Gasteiger partial charge in [-0.1, -0.05) is 24.3 Å². The lowest BCUT2D eigenvalue weighted by Gasteiger charge is -1.99. The van der Waals surface area contributed by atoms with Crippen LogP contribution in [0, 0.1) is 11.3 Å². The Kier molecular flexibility index (Phi) is 4.02. The van der Waals surface area contributed by atoms with Crippen molar-refractivity contribution < 1.29 is 4.42 Å². The number of aromatic nitrogens is 1. The first-order chi connectivity index (χ1) is 12.2. The van der Waals surface area contributed by atoms with Gasteiger partial charge in [-0.3, -0.25) is 0 Å². The van der Waals surface area contributed by atoms with E-state index in [1.54, 1.807) is 34.9 Å². The van der Waals surface area contributed by atoms with Crippen molar-refractivity contribution in [3.8, 4) is 17.3 Å². The van der Waals surface area contributed by atoms with Gasteiger partial charge in [-0.2, -0.15) is 5.26 Å². The van der Waals surface area contributed by atoms with E-state index >= 15 is 0 Å². The molecule has 1 aromatic carbocycles. The Morgan fingerprint density at radius 2 is 2.08 bits per heavy atom. The lowest BCUT2D eigenvalue weighted by molar-refractivity contribution is 0.563. The number of nitrogens with zero attached hydrogens (tertiary/aromatic N) is 2. The molecule has 0 saturated carbocycles. The number of benzene rings is 1. The third-order valence-electron chi connectivity index (χ3n) is 3.60. The normalized spacial score (nSPS) is 11.6. The van der Waals surface area contributed by atoms with Crippen molar-refractivity contribution in [2.75, 3.05) is 0 Å². The molecule has 4 rings (SSSR count). The second kappa shape index (κ2) is 6.48. The first kappa shape index (κ1) is 15.5. The van der Waals surface area contributed by atoms with Crippen LogP contribution in [0.1, 0.15) is 9.88 Å². The van der Waals surface area contributed by atoms with E-state index in [1.165, 1.54) is 11.3 Å². The SMILES string of the molecule is N#CC(=Cc1cccs1)c1nc(-c2cc3ccccc3oc2=O)cs1. The minimum Gasteiger partial charge on any atom is -0.422 e. The molecule has 0 saturated heterocycles. The standard InChI is InChI=1S/C19H10N2O2S2/c20-10-13(8-14-5-3-7-24-14)18-21-16(11-25-18)15-9-12-4-1-2-6-17(12)23-19(15)22/h1-9,11H. The average molecular weight is 362 g/mol. The van der Waals surface area contributed by atoms with Crippen molar-refractivity contribution in [2.45, 2.75) is 0 Å². The van der Waals surface area contributed by atoms with Crippen LogP contribution in [0.4, 0.5) is 0 Å². The van der Waals surface area contributed by atoms with Crippen LogP contribution in [0.25, 0.3) is 33.9 Å². The van der Waals surface area contributed by atoms with Gasteiger partial charge in [-0.15, -0.1) is 22.7 Å². The number of fused-ring (bicyclic) bond motifs is 1. The molecule has 3 aromatic heterocycles. The van der Waals surface area contributed by atoms with Crippen molar-refractivity contribution in [2.24, 2.45) is 0 Å². The Morgan fingerprint density at radius 1 is 1.20 bits per heavy atom. The van der Waals surface area contributed by atoms with Gasteiger partial charge >= 0.3 is 5.63 Å². The van der Waals surface area contributed by atoms with E-state index in [2.05, 4.69) is 11.1 Å². The van der Waals surface area contributed by atoms with E-state index in [0.29, 0.717) is 27.4 Å². The Balaban J connectivity index is 1.78. The van der Waals surface area contributed by atoms with Crippen molar-refractivity contribution in [1.82, 2.24) is 4.98 Å². The molecule has 0 bridgehead atoms. The van der Waals surface area contributed by atoms with Gasteiger partial charge in [-0.25, -0.2) is 9.78 Å². The molecule has 0 unspecified atom stereocenters. The van der Waals surface area contributed by atoms with E-state index in [9.17, 15) is 10.1 Å². The first-order valence-electron chi connectivity index (χ1n) is 7.39. The summed E-state index contributed by atoms with van der Waals surface area (Å²) >= 11 is 2.89. The minimum atomic E-state index is -0.434. The molecule has 0 aliphatic heterocycles. The monoisotopic (exact) mass is 362 g/mol. The van der Waals surface area contributed by atoms with E-state index in [0.717, 1.165) is 10.3 Å². The predicted octanol–water partition coefficient (Wildman–Crippen LogP) is 5.04. The van der Waals surface area contributed by atoms with Gasteiger partial charge in [0, 0.05) is 15.6 Å². The molecule has 3 heterocycles. The molecule has 0 amide bonds. The van der Waals surface area contributed by atoms with Crippen molar-refractivity contribution >= 4 is 45.3 Å². The third-order valence-corrected chi connectivity index (χ3v) is 5.30. The zero-order valence-corrected chi connectivity index (χ0v) is 14.4. The second-order valence-electron chi connectivity index (χ2n) is 5.21. The summed E-state index contributed by atoms with van der Waals surface area (Å²) in [6.07, 6.45) is 1.80. The minimum absolute atomic E-state index is 0.398. The number of thiophene rings is 1. The molecule has 120 valence electrons. The molecule has 6 heteroatoms. The van der Waals surface area contributed by atoms with E-state index in [-0.39, 0.29) is 0 Å². The van der Waals surface area contributed by atoms with Gasteiger partial charge < -0.3 is 4.42 Å². The molecule has 0 aliphatic carbocycles. The van der Waals surface area contributed by atoms with Crippen molar-refractivity contribution in [3.05, 3.63) is 73.5 Å². The van der Waals surface area contributed by atoms with Gasteiger partial charge in [0.2, 0.25) is 0 Å². The number of thiazole rings is 1. The van der Waals surface area contributed by atoms with E-state index in [4.69, 9.17) is 4.42 Å². The molecule has 25 heavy (non-hydrogen) atoms. The van der Waals surface area contributed by atoms with Crippen LogP contribution in [-0.4, -0.2) is 4.98 Å². The summed E-state index contributed by atoms with van der Waals surface area (Å²) < 4.78 is 5.36. The summed E-state index contributed by atoms with van der Waals surface area (Å²) in [6, 6.07) is 15.2. The summed E-state index contributed by atoms with van der Waals surface area (Å²) in [5.74, 6) is 0. The fraction of sp³-hybridized carbons (Fsp3) is 0. The third kappa shape index (κ3) is 3.03. The van der Waals surface area contributed by atoms with Crippen LogP contribution < -0.4 is 5.63 Å². The highest BCUT2D eigenvalue weighted by Gasteiger charge is 2.13. The lowest BCUT2D eigenvalue weighted by atomic mass is 10.1. The van der Waals surface area contributed by atoms with Gasteiger partial charge in [0.25, 0.3) is 0 Å². The number of hydrogen-bond acceptors (Lipinski definition) is 6. The zero-order chi connectivity index (χ0) is 17.2. The molecule has 0 aliphatic rings. The summed E-state index contributed by atoms with van der Waals surface area (Å²) in [5.41, 5.74) is 1.50. The second-order valence-corrected chi connectivity index (χ2v) is 7.05. The Bertz CT molecular complexity index is 1180. The largest absolute Gasteiger partial charge is 0.422 e. The summed E-state index contributed by atoms with van der Waals surface area (Å²) in [4.78, 5) is 17.7. The zero-order valence-electron chi connectivity index (χ0n) is 12.8. The number of hydrogen-bond donors (Lipinski definition) is 0. The van der Waals surface area contributed by atoms with Gasteiger partial charge in [-0.05, 0) is 29.7 Å². The summed E-state index contributed by atoms with van der Waals surface area (Å²) in [7, 11) is 0. The van der Waals surface area contributed by atoms with E-state index < -0.39 is 5.63 Å². The topological polar surface area (TPSA) is 66.9 Å². The van der Waals surface area contributed by atoms with E-state index in [1.807, 2.05) is 35.7 Å². The fourth-order valence-electron chi connectivity index (χ4n) is 2.42. The fourth-order valence-corrected chi connectivity index (χ4v) is 3.86. The molecule has 0 N–H and O–H groups in total. The molecule has 0 radical (unpaired) electrons. The van der Waals surface area contributed by atoms with Gasteiger partial charge in [0.15, 0.2) is 0 Å². The number of para-hydroxylation sites is 1. The lowest BCUT2D eigenvalue weighted by Crippen LogP contribution is -2.02. The van der Waals surface area contributed by atoms with Crippen molar-refractivity contribution in [3.63, 3.8) is 0 Å². The van der Waals surface area contributed by atoms with Crippen molar-refractivity contribution in [1.29, 1.82) is 5.26 Å². The highest BCUT2D eigenvalue weighted by atomic mass is 32.1. The molecule has 4 aromatic rings. The maximum atomic E-state index is 12.3. The molecule has 0 spiro atoms. The van der Waals surface area contributed by atoms with Gasteiger partial charge in [0.1, 0.15) is 16.7 Å². The highest BCUT2D eigenvalue weighted by Crippen LogP contribution is 2.28. The van der Waals surface area contributed by atoms with Gasteiger partial charge in [0.05, 0.1) is 16.8 Å². The van der Waals surface area contributed by atoms with Crippen LogP contribution >= 0.6 is 22.7 Å². The van der Waals surface area contributed by atoms with Crippen LogP contribution in [0.3, 0.4) is 0 Å². The number of nitriles is 1. The predicted molar refractivity (Wildman–Crippen MR) is 101 cm³/mol. The smallest absolute Gasteiger partial charge is 0.345 e. The quantitative estimate of drug-likeness (QED) is 0.378. The first-order valence-corrected chi connectivity index (χ1v) is 9.15. The van der Waals surface area contributed by atoms with Crippen LogP contribution in [0.15, 0.2) is 62.4 Å². The maximum Gasteiger partial charge on any atom is 0.345 e. The Labute approximate surface area is 150 Å². The number of allylic oxidation sites excluding steroid dienone is 1. The molecular weight excluding hydrogens is 352 g/mol. The van der Waals surface area contributed by atoms with Crippen LogP contribution in [-0.2, 0) is 0 Å².